The van der Waals surface area contributed by atoms with Crippen molar-refractivity contribution in [3.63, 3.8) is 0 Å². The average Bonchev–Trinajstić information content (AvgIpc) is 2.95. The van der Waals surface area contributed by atoms with Crippen LogP contribution in [-0.4, -0.2) is 0 Å². The molecule has 2 aromatic rings. The van der Waals surface area contributed by atoms with Gasteiger partial charge in [0.2, 0.25) is 0 Å². The molecule has 0 fully saturated rings. The van der Waals surface area contributed by atoms with Gasteiger partial charge in [-0.3, -0.25) is 0 Å². The Labute approximate surface area is 150 Å². The Balaban J connectivity index is 2.23. The van der Waals surface area contributed by atoms with Crippen LogP contribution in [0.2, 0.25) is 0 Å². The van der Waals surface area contributed by atoms with E-state index in [0.717, 1.165) is 25.7 Å². The van der Waals surface area contributed by atoms with Crippen LogP contribution < -0.4 is 0 Å². The van der Waals surface area contributed by atoms with Crippen LogP contribution in [0.15, 0.2) is 48.5 Å². The normalized spacial score (nSPS) is 16.2. The highest BCUT2D eigenvalue weighted by Crippen LogP contribution is 2.55. The van der Waals surface area contributed by atoms with E-state index in [2.05, 4.69) is 74.5 Å². The van der Waals surface area contributed by atoms with Gasteiger partial charge in [-0.2, -0.15) is 10.5 Å². The van der Waals surface area contributed by atoms with Crippen LogP contribution in [0.1, 0.15) is 50.7 Å². The zero-order chi connectivity index (χ0) is 17.9. The first-order valence-corrected chi connectivity index (χ1v) is 9.18. The van der Waals surface area contributed by atoms with Crippen LogP contribution in [-0.2, 0) is 5.41 Å². The highest BCUT2D eigenvalue weighted by atomic mass is 14.5. The third-order valence-corrected chi connectivity index (χ3v) is 5.72. The second kappa shape index (κ2) is 7.12. The lowest BCUT2D eigenvalue weighted by atomic mass is 9.66. The SMILES string of the molecule is CCC(C#N)CC1(CC(C#N)CC)c2ccccc2-c2ccccc21. The maximum absolute atomic E-state index is 9.63. The molecule has 0 heterocycles. The van der Waals surface area contributed by atoms with E-state index in [0.29, 0.717) is 0 Å². The summed E-state index contributed by atoms with van der Waals surface area (Å²) < 4.78 is 0. The van der Waals surface area contributed by atoms with Crippen LogP contribution in [0.4, 0.5) is 0 Å². The van der Waals surface area contributed by atoms with Crippen molar-refractivity contribution in [3.05, 3.63) is 59.7 Å². The van der Waals surface area contributed by atoms with Crippen LogP contribution in [0.5, 0.6) is 0 Å². The van der Waals surface area contributed by atoms with Crippen molar-refractivity contribution >= 4 is 0 Å². The second-order valence-electron chi connectivity index (χ2n) is 7.05. The fourth-order valence-electron chi connectivity index (χ4n) is 4.34. The van der Waals surface area contributed by atoms with Crippen molar-refractivity contribution < 1.29 is 0 Å². The van der Waals surface area contributed by atoms with E-state index in [1.165, 1.54) is 22.3 Å². The molecule has 0 aliphatic heterocycles. The first-order chi connectivity index (χ1) is 12.2. The van der Waals surface area contributed by atoms with Gasteiger partial charge >= 0.3 is 0 Å². The van der Waals surface area contributed by atoms with E-state index in [-0.39, 0.29) is 17.3 Å². The molecule has 1 aliphatic rings. The maximum Gasteiger partial charge on any atom is 0.0656 e. The van der Waals surface area contributed by atoms with Gasteiger partial charge in [0.15, 0.2) is 0 Å². The topological polar surface area (TPSA) is 47.6 Å². The predicted molar refractivity (Wildman–Crippen MR) is 101 cm³/mol. The summed E-state index contributed by atoms with van der Waals surface area (Å²) >= 11 is 0. The van der Waals surface area contributed by atoms with Gasteiger partial charge in [0.05, 0.1) is 12.1 Å². The fraction of sp³-hybridized carbons (Fsp3) is 0.391. The summed E-state index contributed by atoms with van der Waals surface area (Å²) in [4.78, 5) is 0. The van der Waals surface area contributed by atoms with Crippen LogP contribution in [0.25, 0.3) is 11.1 Å². The van der Waals surface area contributed by atoms with Crippen molar-refractivity contribution in [3.8, 4) is 23.3 Å². The number of hydrogen-bond donors (Lipinski definition) is 0. The van der Waals surface area contributed by atoms with Gasteiger partial charge in [0.1, 0.15) is 0 Å². The van der Waals surface area contributed by atoms with E-state index in [4.69, 9.17) is 0 Å². The number of rotatable bonds is 6. The van der Waals surface area contributed by atoms with E-state index < -0.39 is 0 Å². The predicted octanol–water partition coefficient (Wildman–Crippen LogP) is 5.83. The molecule has 3 rings (SSSR count). The molecule has 2 nitrogen and oxygen atoms in total. The molecule has 126 valence electrons. The van der Waals surface area contributed by atoms with Crippen molar-refractivity contribution in [1.82, 2.24) is 0 Å². The highest BCUT2D eigenvalue weighted by molar-refractivity contribution is 5.81. The molecule has 0 aromatic heterocycles. The Morgan fingerprint density at radius 3 is 1.52 bits per heavy atom. The molecule has 0 amide bonds. The summed E-state index contributed by atoms with van der Waals surface area (Å²) in [6.07, 6.45) is 3.25. The molecule has 2 aromatic carbocycles. The standard InChI is InChI=1S/C23H24N2/c1-3-17(15-24)13-23(14-18(4-2)16-25)21-11-7-5-9-19(21)20-10-6-8-12-22(20)23/h5-12,17-18H,3-4,13-14H2,1-2H3. The molecule has 2 unspecified atom stereocenters. The Morgan fingerprint density at radius 2 is 1.16 bits per heavy atom. The van der Waals surface area contributed by atoms with Gasteiger partial charge in [-0.05, 0) is 47.9 Å². The van der Waals surface area contributed by atoms with Crippen LogP contribution in [0, 0.1) is 34.5 Å². The van der Waals surface area contributed by atoms with E-state index in [9.17, 15) is 10.5 Å². The number of benzene rings is 2. The van der Waals surface area contributed by atoms with Gasteiger partial charge in [0, 0.05) is 17.3 Å². The minimum absolute atomic E-state index is 0.00425. The molecule has 0 bridgehead atoms. The number of hydrogen-bond acceptors (Lipinski definition) is 2. The number of fused-ring (bicyclic) bond motifs is 3. The molecule has 0 radical (unpaired) electrons. The molecule has 2 atom stereocenters. The van der Waals surface area contributed by atoms with Gasteiger partial charge in [-0.15, -0.1) is 0 Å². The van der Waals surface area contributed by atoms with Gasteiger partial charge in [-0.1, -0.05) is 62.4 Å². The monoisotopic (exact) mass is 328 g/mol. The number of nitrogens with zero attached hydrogens (tertiary/aromatic N) is 2. The molecular formula is C23H24N2. The first-order valence-electron chi connectivity index (χ1n) is 9.18. The molecule has 0 saturated carbocycles. The minimum Gasteiger partial charge on any atom is -0.198 e. The molecule has 0 spiro atoms. The number of nitriles is 2. The Morgan fingerprint density at radius 1 is 0.760 bits per heavy atom. The van der Waals surface area contributed by atoms with E-state index >= 15 is 0 Å². The van der Waals surface area contributed by atoms with Gasteiger partial charge in [0.25, 0.3) is 0 Å². The van der Waals surface area contributed by atoms with E-state index in [1.54, 1.807) is 0 Å². The van der Waals surface area contributed by atoms with Crippen molar-refractivity contribution in [2.75, 3.05) is 0 Å². The summed E-state index contributed by atoms with van der Waals surface area (Å²) in [6.45, 7) is 4.16. The molecule has 2 heteroatoms. The average molecular weight is 328 g/mol. The summed E-state index contributed by atoms with van der Waals surface area (Å²) in [7, 11) is 0. The lowest BCUT2D eigenvalue weighted by Crippen LogP contribution is -2.30. The Bertz CT molecular complexity index is 766. The maximum atomic E-state index is 9.63. The van der Waals surface area contributed by atoms with E-state index in [1.807, 2.05) is 0 Å². The zero-order valence-corrected chi connectivity index (χ0v) is 15.0. The summed E-state index contributed by atoms with van der Waals surface area (Å²) in [6, 6.07) is 22.1. The largest absolute Gasteiger partial charge is 0.198 e. The molecule has 1 aliphatic carbocycles. The fourth-order valence-corrected chi connectivity index (χ4v) is 4.34. The van der Waals surface area contributed by atoms with Crippen molar-refractivity contribution in [2.45, 2.75) is 44.9 Å². The molecule has 0 saturated heterocycles. The smallest absolute Gasteiger partial charge is 0.0656 e. The zero-order valence-electron chi connectivity index (χ0n) is 15.0. The van der Waals surface area contributed by atoms with Crippen LogP contribution in [0.3, 0.4) is 0 Å². The summed E-state index contributed by atoms with van der Waals surface area (Å²) in [5.74, 6) is -0.00850. The first kappa shape index (κ1) is 17.2. The van der Waals surface area contributed by atoms with Crippen LogP contribution >= 0.6 is 0 Å². The minimum atomic E-state index is -0.236. The summed E-state index contributed by atoms with van der Waals surface area (Å²) in [5.41, 5.74) is 4.87. The van der Waals surface area contributed by atoms with Crippen molar-refractivity contribution in [1.29, 1.82) is 10.5 Å². The highest BCUT2D eigenvalue weighted by Gasteiger charge is 2.45. The lowest BCUT2D eigenvalue weighted by Gasteiger charge is -2.35. The van der Waals surface area contributed by atoms with Gasteiger partial charge < -0.3 is 0 Å². The third-order valence-electron chi connectivity index (χ3n) is 5.72. The second-order valence-corrected chi connectivity index (χ2v) is 7.05. The summed E-state index contributed by atoms with van der Waals surface area (Å²) in [5, 5.41) is 19.3. The Hall–Kier alpha value is -2.58. The lowest BCUT2D eigenvalue weighted by molar-refractivity contribution is 0.345. The quantitative estimate of drug-likeness (QED) is 0.669. The Kier molecular flexibility index (Phi) is 4.91. The molecule has 25 heavy (non-hydrogen) atoms. The third kappa shape index (κ3) is 2.83. The van der Waals surface area contributed by atoms with Gasteiger partial charge in [-0.25, -0.2) is 0 Å². The molecule has 0 N–H and O–H groups in total. The van der Waals surface area contributed by atoms with Crippen molar-refractivity contribution in [2.24, 2.45) is 11.8 Å². The molecular weight excluding hydrogens is 304 g/mol.